The van der Waals surface area contributed by atoms with Crippen LogP contribution in [0.25, 0.3) is 21.2 Å². The Hall–Kier alpha value is -2.64. The smallest absolute Gasteiger partial charge is 0.337 e. The second kappa shape index (κ2) is 5.39. The number of thiophene rings is 1. The van der Waals surface area contributed by atoms with Crippen LogP contribution < -0.4 is 0 Å². The van der Waals surface area contributed by atoms with Crippen molar-refractivity contribution in [3.05, 3.63) is 59.0 Å². The summed E-state index contributed by atoms with van der Waals surface area (Å²) in [4.78, 5) is 11.7. The molecule has 1 heterocycles. The minimum absolute atomic E-state index is 0.359. The number of hydrogen-bond acceptors (Lipinski definition) is 4. The molecule has 2 aromatic carbocycles. The van der Waals surface area contributed by atoms with E-state index in [1.165, 1.54) is 7.11 Å². The van der Waals surface area contributed by atoms with Crippen molar-refractivity contribution in [2.45, 2.75) is 0 Å². The molecular weight excluding hydrogens is 282 g/mol. The summed E-state index contributed by atoms with van der Waals surface area (Å²) in [5, 5.41) is 12.2. The van der Waals surface area contributed by atoms with Crippen LogP contribution in [0.15, 0.2) is 47.8 Å². The molecule has 0 saturated carbocycles. The molecular formula is C17H11NO2S. The molecule has 0 bridgehead atoms. The van der Waals surface area contributed by atoms with Gasteiger partial charge in [-0.25, -0.2) is 4.79 Å². The number of esters is 1. The van der Waals surface area contributed by atoms with Gasteiger partial charge in [0, 0.05) is 21.2 Å². The fourth-order valence-electron chi connectivity index (χ4n) is 2.30. The average Bonchev–Trinajstić information content (AvgIpc) is 2.96. The lowest BCUT2D eigenvalue weighted by atomic mass is 9.99. The van der Waals surface area contributed by atoms with Gasteiger partial charge in [-0.05, 0) is 29.6 Å². The number of nitriles is 1. The molecule has 3 rings (SSSR count). The number of ether oxygens (including phenoxy) is 1. The first-order valence-electron chi connectivity index (χ1n) is 6.33. The normalized spacial score (nSPS) is 10.3. The molecule has 102 valence electrons. The van der Waals surface area contributed by atoms with E-state index in [1.807, 2.05) is 35.7 Å². The van der Waals surface area contributed by atoms with Crippen LogP contribution in [0.5, 0.6) is 0 Å². The average molecular weight is 293 g/mol. The fraction of sp³-hybridized carbons (Fsp3) is 0.0588. The molecule has 1 aromatic heterocycles. The van der Waals surface area contributed by atoms with E-state index in [0.717, 1.165) is 21.2 Å². The Morgan fingerprint density at radius 2 is 2.00 bits per heavy atom. The van der Waals surface area contributed by atoms with Crippen LogP contribution >= 0.6 is 11.3 Å². The van der Waals surface area contributed by atoms with E-state index in [2.05, 4.69) is 6.07 Å². The topological polar surface area (TPSA) is 50.1 Å². The SMILES string of the molecule is COC(=O)c1ccc2scc(-c3ccccc3C#N)c2c1. The Kier molecular flexibility index (Phi) is 3.43. The van der Waals surface area contributed by atoms with Gasteiger partial charge in [-0.15, -0.1) is 11.3 Å². The van der Waals surface area contributed by atoms with Gasteiger partial charge in [0.25, 0.3) is 0 Å². The molecule has 0 spiro atoms. The molecule has 0 aliphatic carbocycles. The zero-order valence-corrected chi connectivity index (χ0v) is 12.1. The van der Waals surface area contributed by atoms with Crippen LogP contribution in [0.4, 0.5) is 0 Å². The number of benzene rings is 2. The Labute approximate surface area is 126 Å². The Balaban J connectivity index is 2.24. The summed E-state index contributed by atoms with van der Waals surface area (Å²) in [6, 6.07) is 15.2. The maximum Gasteiger partial charge on any atom is 0.337 e. The molecule has 3 nitrogen and oxygen atoms in total. The largest absolute Gasteiger partial charge is 0.465 e. The lowest BCUT2D eigenvalue weighted by Crippen LogP contribution is -2.00. The van der Waals surface area contributed by atoms with Crippen molar-refractivity contribution in [1.29, 1.82) is 5.26 Å². The summed E-state index contributed by atoms with van der Waals surface area (Å²) in [5.41, 5.74) is 2.99. The van der Waals surface area contributed by atoms with Gasteiger partial charge in [0.1, 0.15) is 0 Å². The third-order valence-corrected chi connectivity index (χ3v) is 4.30. The second-order valence-electron chi connectivity index (χ2n) is 4.51. The van der Waals surface area contributed by atoms with E-state index in [0.29, 0.717) is 11.1 Å². The third kappa shape index (κ3) is 2.28. The fourth-order valence-corrected chi connectivity index (χ4v) is 3.24. The van der Waals surface area contributed by atoms with E-state index < -0.39 is 0 Å². The van der Waals surface area contributed by atoms with Gasteiger partial charge in [0.05, 0.1) is 24.3 Å². The lowest BCUT2D eigenvalue weighted by Gasteiger charge is -2.04. The molecule has 3 aromatic rings. The lowest BCUT2D eigenvalue weighted by molar-refractivity contribution is 0.0601. The summed E-state index contributed by atoms with van der Waals surface area (Å²) in [7, 11) is 1.37. The van der Waals surface area contributed by atoms with Gasteiger partial charge in [-0.2, -0.15) is 5.26 Å². The minimum Gasteiger partial charge on any atom is -0.465 e. The van der Waals surface area contributed by atoms with Crippen LogP contribution in [-0.4, -0.2) is 13.1 Å². The van der Waals surface area contributed by atoms with Crippen molar-refractivity contribution in [2.24, 2.45) is 0 Å². The summed E-state index contributed by atoms with van der Waals surface area (Å²) in [6.45, 7) is 0. The second-order valence-corrected chi connectivity index (χ2v) is 5.42. The third-order valence-electron chi connectivity index (χ3n) is 3.33. The van der Waals surface area contributed by atoms with E-state index in [1.54, 1.807) is 23.5 Å². The Morgan fingerprint density at radius 1 is 1.19 bits per heavy atom. The monoisotopic (exact) mass is 293 g/mol. The zero-order chi connectivity index (χ0) is 14.8. The Bertz CT molecular complexity index is 874. The van der Waals surface area contributed by atoms with Crippen LogP contribution in [0.2, 0.25) is 0 Å². The number of carbonyl (C=O) groups excluding carboxylic acids is 1. The predicted molar refractivity (Wildman–Crippen MR) is 83.3 cm³/mol. The number of nitrogens with zero attached hydrogens (tertiary/aromatic N) is 1. The van der Waals surface area contributed by atoms with Crippen LogP contribution in [0.3, 0.4) is 0 Å². The first-order chi connectivity index (χ1) is 10.2. The van der Waals surface area contributed by atoms with Gasteiger partial charge < -0.3 is 4.74 Å². The summed E-state index contributed by atoms with van der Waals surface area (Å²) in [5.74, 6) is -0.359. The summed E-state index contributed by atoms with van der Waals surface area (Å²) in [6.07, 6.45) is 0. The first kappa shape index (κ1) is 13.3. The molecule has 0 fully saturated rings. The van der Waals surface area contributed by atoms with E-state index in [4.69, 9.17) is 4.74 Å². The standard InChI is InChI=1S/C17H11NO2S/c1-20-17(19)11-6-7-16-14(8-11)15(10-21-16)13-5-3-2-4-12(13)9-18/h2-8,10H,1H3. The number of fused-ring (bicyclic) bond motifs is 1. The highest BCUT2D eigenvalue weighted by molar-refractivity contribution is 7.17. The van der Waals surface area contributed by atoms with Crippen molar-refractivity contribution >= 4 is 27.4 Å². The maximum absolute atomic E-state index is 11.7. The predicted octanol–water partition coefficient (Wildman–Crippen LogP) is 4.23. The van der Waals surface area contributed by atoms with E-state index in [9.17, 15) is 10.1 Å². The molecule has 0 amide bonds. The zero-order valence-electron chi connectivity index (χ0n) is 11.3. The highest BCUT2D eigenvalue weighted by atomic mass is 32.1. The summed E-state index contributed by atoms with van der Waals surface area (Å²) >= 11 is 1.59. The van der Waals surface area contributed by atoms with Crippen molar-refractivity contribution < 1.29 is 9.53 Å². The van der Waals surface area contributed by atoms with Gasteiger partial charge >= 0.3 is 5.97 Å². The molecule has 0 unspecified atom stereocenters. The molecule has 0 N–H and O–H groups in total. The van der Waals surface area contributed by atoms with Crippen molar-refractivity contribution in [3.63, 3.8) is 0 Å². The first-order valence-corrected chi connectivity index (χ1v) is 7.21. The number of hydrogen-bond donors (Lipinski definition) is 0. The van der Waals surface area contributed by atoms with Crippen LogP contribution in [0, 0.1) is 11.3 Å². The quantitative estimate of drug-likeness (QED) is 0.664. The van der Waals surface area contributed by atoms with Gasteiger partial charge in [-0.3, -0.25) is 0 Å². The Morgan fingerprint density at radius 3 is 2.76 bits per heavy atom. The van der Waals surface area contributed by atoms with E-state index >= 15 is 0 Å². The van der Waals surface area contributed by atoms with Gasteiger partial charge in [0.15, 0.2) is 0 Å². The molecule has 0 atom stereocenters. The number of methoxy groups -OCH3 is 1. The molecule has 0 radical (unpaired) electrons. The van der Waals surface area contributed by atoms with Gasteiger partial charge in [-0.1, -0.05) is 18.2 Å². The number of rotatable bonds is 2. The van der Waals surface area contributed by atoms with Crippen molar-refractivity contribution in [2.75, 3.05) is 7.11 Å². The number of carbonyl (C=O) groups is 1. The molecule has 21 heavy (non-hydrogen) atoms. The molecule has 0 saturated heterocycles. The minimum atomic E-state index is -0.359. The van der Waals surface area contributed by atoms with Crippen LogP contribution in [0.1, 0.15) is 15.9 Å². The highest BCUT2D eigenvalue weighted by Gasteiger charge is 2.13. The molecule has 0 aliphatic rings. The summed E-state index contributed by atoms with van der Waals surface area (Å²) < 4.78 is 5.84. The van der Waals surface area contributed by atoms with E-state index in [-0.39, 0.29) is 5.97 Å². The van der Waals surface area contributed by atoms with Gasteiger partial charge in [0.2, 0.25) is 0 Å². The van der Waals surface area contributed by atoms with Crippen LogP contribution in [-0.2, 0) is 4.74 Å². The van der Waals surface area contributed by atoms with Crippen molar-refractivity contribution in [3.8, 4) is 17.2 Å². The maximum atomic E-state index is 11.7. The molecule has 0 aliphatic heterocycles. The molecule has 4 heteroatoms. The highest BCUT2D eigenvalue weighted by Crippen LogP contribution is 2.36. The van der Waals surface area contributed by atoms with Crippen molar-refractivity contribution in [1.82, 2.24) is 0 Å².